The second-order valence-electron chi connectivity index (χ2n) is 5.31. The van der Waals surface area contributed by atoms with Crippen molar-refractivity contribution in [1.29, 1.82) is 0 Å². The molecule has 0 aliphatic carbocycles. The number of hydrogen-bond acceptors (Lipinski definition) is 4. The van der Waals surface area contributed by atoms with Crippen molar-refractivity contribution < 1.29 is 19.4 Å². The van der Waals surface area contributed by atoms with Crippen molar-refractivity contribution in [2.24, 2.45) is 0 Å². The topological polar surface area (TPSA) is 75.6 Å². The van der Waals surface area contributed by atoms with Crippen LogP contribution < -0.4 is 5.32 Å². The molecule has 2 N–H and O–H groups in total. The monoisotopic (exact) mass is 395 g/mol. The third-order valence-corrected chi connectivity index (χ3v) is 5.40. The number of ether oxygens (including phenoxy) is 1. The summed E-state index contributed by atoms with van der Waals surface area (Å²) >= 11 is 4.72. The molecule has 2 aromatic rings. The molecular weight excluding hydrogens is 382 g/mol. The summed E-state index contributed by atoms with van der Waals surface area (Å²) < 4.78 is 6.13. The number of nitrogens with one attached hydrogen (secondary N) is 1. The third kappa shape index (κ3) is 3.31. The van der Waals surface area contributed by atoms with Gasteiger partial charge in [-0.25, -0.2) is 4.79 Å². The Hall–Kier alpha value is -1.70. The van der Waals surface area contributed by atoms with Crippen LogP contribution in [0.1, 0.15) is 16.1 Å². The number of rotatable bonds is 4. The predicted molar refractivity (Wildman–Crippen MR) is 90.7 cm³/mol. The summed E-state index contributed by atoms with van der Waals surface area (Å²) in [5.74, 6) is -1.45. The minimum atomic E-state index is -1.32. The van der Waals surface area contributed by atoms with Crippen LogP contribution in [0, 0.1) is 0 Å². The van der Waals surface area contributed by atoms with Gasteiger partial charge >= 0.3 is 5.97 Å². The standard InChI is InChI=1S/C16H14BrNO4S/c17-11-3-1-10(2-4-11)12-5-6-13(23-12)14(19)18-16(15(20)21)7-8-22-9-16/h1-6H,7-9H2,(H,18,19)(H,20,21). The second-order valence-corrected chi connectivity index (χ2v) is 7.31. The lowest BCUT2D eigenvalue weighted by Crippen LogP contribution is -2.55. The number of halogens is 1. The first kappa shape index (κ1) is 16.2. The van der Waals surface area contributed by atoms with Gasteiger partial charge in [0, 0.05) is 22.4 Å². The number of benzene rings is 1. The van der Waals surface area contributed by atoms with Gasteiger partial charge in [0.1, 0.15) is 0 Å². The number of carboxylic acid groups (broad SMARTS) is 1. The Morgan fingerprint density at radius 2 is 1.96 bits per heavy atom. The average Bonchev–Trinajstić information content (AvgIpc) is 3.17. The maximum absolute atomic E-state index is 12.4. The lowest BCUT2D eigenvalue weighted by atomic mass is 9.99. The SMILES string of the molecule is O=C(NC1(C(=O)O)CCOC1)c1ccc(-c2ccc(Br)cc2)s1. The number of amides is 1. The molecule has 0 spiro atoms. The molecule has 120 valence electrons. The number of aliphatic carboxylic acids is 1. The van der Waals surface area contributed by atoms with Crippen molar-refractivity contribution in [3.8, 4) is 10.4 Å². The molecule has 5 nitrogen and oxygen atoms in total. The van der Waals surface area contributed by atoms with E-state index in [1.165, 1.54) is 11.3 Å². The largest absolute Gasteiger partial charge is 0.479 e. The molecular formula is C16H14BrNO4S. The third-order valence-electron chi connectivity index (χ3n) is 3.74. The lowest BCUT2D eigenvalue weighted by molar-refractivity contribution is -0.144. The van der Waals surface area contributed by atoms with Gasteiger partial charge in [0.25, 0.3) is 5.91 Å². The highest BCUT2D eigenvalue weighted by atomic mass is 79.9. The summed E-state index contributed by atoms with van der Waals surface area (Å²) in [4.78, 5) is 25.3. The number of hydrogen-bond donors (Lipinski definition) is 2. The molecule has 2 heterocycles. The molecule has 1 atom stereocenters. The Kier molecular flexibility index (Phi) is 4.52. The fourth-order valence-corrected chi connectivity index (χ4v) is 3.56. The van der Waals surface area contributed by atoms with Crippen molar-refractivity contribution in [3.05, 3.63) is 45.7 Å². The zero-order valence-electron chi connectivity index (χ0n) is 12.0. The number of carbonyl (C=O) groups is 2. The first-order valence-corrected chi connectivity index (χ1v) is 8.61. The maximum atomic E-state index is 12.4. The fourth-order valence-electron chi connectivity index (χ4n) is 2.39. The van der Waals surface area contributed by atoms with Gasteiger partial charge in [-0.3, -0.25) is 4.79 Å². The van der Waals surface area contributed by atoms with Crippen LogP contribution in [0.3, 0.4) is 0 Å². The Labute approximate surface area is 145 Å². The van der Waals surface area contributed by atoms with Crippen molar-refractivity contribution >= 4 is 39.1 Å². The molecule has 1 saturated heterocycles. The van der Waals surface area contributed by atoms with Crippen LogP contribution in [0.2, 0.25) is 0 Å². The van der Waals surface area contributed by atoms with Crippen LogP contribution in [-0.4, -0.2) is 35.7 Å². The first-order chi connectivity index (χ1) is 11.0. The number of carbonyl (C=O) groups excluding carboxylic acids is 1. The Morgan fingerprint density at radius 3 is 2.57 bits per heavy atom. The van der Waals surface area contributed by atoms with Gasteiger partial charge in [0.2, 0.25) is 0 Å². The van der Waals surface area contributed by atoms with E-state index in [1.807, 2.05) is 30.3 Å². The molecule has 3 rings (SSSR count). The fraction of sp³-hybridized carbons (Fsp3) is 0.250. The highest BCUT2D eigenvalue weighted by Gasteiger charge is 2.44. The molecule has 1 aromatic heterocycles. The second kappa shape index (κ2) is 6.43. The van der Waals surface area contributed by atoms with Gasteiger partial charge in [-0.2, -0.15) is 0 Å². The van der Waals surface area contributed by atoms with Crippen LogP contribution in [0.15, 0.2) is 40.9 Å². The molecule has 1 amide bonds. The highest BCUT2D eigenvalue weighted by molar-refractivity contribution is 9.10. The summed E-state index contributed by atoms with van der Waals surface area (Å²) in [6.07, 6.45) is 0.277. The number of thiophene rings is 1. The van der Waals surface area contributed by atoms with Crippen LogP contribution in [0.25, 0.3) is 10.4 Å². The van der Waals surface area contributed by atoms with Gasteiger partial charge in [-0.05, 0) is 29.8 Å². The molecule has 1 unspecified atom stereocenters. The zero-order chi connectivity index (χ0) is 16.4. The normalized spacial score (nSPS) is 20.4. The van der Waals surface area contributed by atoms with Crippen molar-refractivity contribution in [1.82, 2.24) is 5.32 Å². The smallest absolute Gasteiger partial charge is 0.331 e. The minimum absolute atomic E-state index is 0.000974. The van der Waals surface area contributed by atoms with Gasteiger partial charge in [0.05, 0.1) is 11.5 Å². The summed E-state index contributed by atoms with van der Waals surface area (Å²) in [5, 5.41) is 12.0. The number of carboxylic acids is 1. The molecule has 1 aliphatic rings. The van der Waals surface area contributed by atoms with E-state index in [9.17, 15) is 14.7 Å². The Bertz CT molecular complexity index is 735. The molecule has 1 aliphatic heterocycles. The van der Waals surface area contributed by atoms with Crippen molar-refractivity contribution in [3.63, 3.8) is 0 Å². The van der Waals surface area contributed by atoms with E-state index in [-0.39, 0.29) is 18.9 Å². The predicted octanol–water partition coefficient (Wildman–Crippen LogP) is 3.15. The van der Waals surface area contributed by atoms with E-state index < -0.39 is 11.5 Å². The molecule has 0 saturated carbocycles. The summed E-state index contributed by atoms with van der Waals surface area (Å²) in [5.41, 5.74) is -0.312. The lowest BCUT2D eigenvalue weighted by Gasteiger charge is -2.23. The van der Waals surface area contributed by atoms with Crippen molar-refractivity contribution in [2.45, 2.75) is 12.0 Å². The Balaban J connectivity index is 1.78. The summed E-state index contributed by atoms with van der Waals surface area (Å²) in [6, 6.07) is 11.4. The molecule has 0 bridgehead atoms. The molecule has 1 fully saturated rings. The first-order valence-electron chi connectivity index (χ1n) is 7.00. The van der Waals surface area contributed by atoms with Gasteiger partial charge in [0.15, 0.2) is 5.54 Å². The highest BCUT2D eigenvalue weighted by Crippen LogP contribution is 2.30. The van der Waals surface area contributed by atoms with Crippen LogP contribution >= 0.6 is 27.3 Å². The van der Waals surface area contributed by atoms with E-state index >= 15 is 0 Å². The van der Waals surface area contributed by atoms with E-state index in [0.29, 0.717) is 11.5 Å². The maximum Gasteiger partial charge on any atom is 0.331 e. The molecule has 0 radical (unpaired) electrons. The van der Waals surface area contributed by atoms with Gasteiger partial charge in [-0.15, -0.1) is 11.3 Å². The van der Waals surface area contributed by atoms with Crippen molar-refractivity contribution in [2.75, 3.05) is 13.2 Å². The summed E-state index contributed by atoms with van der Waals surface area (Å²) in [7, 11) is 0. The van der Waals surface area contributed by atoms with Crippen LogP contribution in [0.5, 0.6) is 0 Å². The quantitative estimate of drug-likeness (QED) is 0.833. The molecule has 7 heteroatoms. The van der Waals surface area contributed by atoms with E-state index in [0.717, 1.165) is 14.9 Å². The minimum Gasteiger partial charge on any atom is -0.479 e. The van der Waals surface area contributed by atoms with Crippen LogP contribution in [-0.2, 0) is 9.53 Å². The molecule has 23 heavy (non-hydrogen) atoms. The van der Waals surface area contributed by atoms with E-state index in [1.54, 1.807) is 6.07 Å². The van der Waals surface area contributed by atoms with E-state index in [2.05, 4.69) is 21.2 Å². The zero-order valence-corrected chi connectivity index (χ0v) is 14.4. The van der Waals surface area contributed by atoms with Gasteiger partial charge < -0.3 is 15.2 Å². The average molecular weight is 396 g/mol. The van der Waals surface area contributed by atoms with Gasteiger partial charge in [-0.1, -0.05) is 28.1 Å². The Morgan fingerprint density at radius 1 is 1.22 bits per heavy atom. The van der Waals surface area contributed by atoms with E-state index in [4.69, 9.17) is 4.74 Å². The summed E-state index contributed by atoms with van der Waals surface area (Å²) in [6.45, 7) is 0.334. The molecule has 1 aromatic carbocycles. The van der Waals surface area contributed by atoms with Crippen LogP contribution in [0.4, 0.5) is 0 Å².